The number of hydrogen-bond donors (Lipinski definition) is 1. The van der Waals surface area contributed by atoms with E-state index in [1.54, 1.807) is 36.0 Å². The number of nitrogens with zero attached hydrogens (tertiary/aromatic N) is 3. The minimum atomic E-state index is -0.741. The van der Waals surface area contributed by atoms with Gasteiger partial charge in [-0.1, -0.05) is 6.07 Å². The zero-order valence-electron chi connectivity index (χ0n) is 15.3. The number of nitrogens with one attached hydrogen (secondary N) is 1. The highest BCUT2D eigenvalue weighted by Gasteiger charge is 2.13. The summed E-state index contributed by atoms with van der Waals surface area (Å²) in [5, 5.41) is 13.5. The van der Waals surface area contributed by atoms with E-state index in [0.29, 0.717) is 17.1 Å². The molecular formula is C20H16F2N4O3. The first-order chi connectivity index (χ1) is 13.8. The van der Waals surface area contributed by atoms with Crippen molar-refractivity contribution in [2.45, 2.75) is 13.5 Å². The normalized spacial score (nSPS) is 11.0. The van der Waals surface area contributed by atoms with Gasteiger partial charge in [0.25, 0.3) is 5.69 Å². The van der Waals surface area contributed by atoms with Gasteiger partial charge in [-0.3, -0.25) is 14.9 Å². The van der Waals surface area contributed by atoms with Crippen LogP contribution in [0.15, 0.2) is 54.9 Å². The third-order valence-electron chi connectivity index (χ3n) is 4.17. The topological polar surface area (TPSA) is 90.1 Å². The van der Waals surface area contributed by atoms with Crippen molar-refractivity contribution in [1.29, 1.82) is 0 Å². The Morgan fingerprint density at radius 1 is 1.28 bits per heavy atom. The van der Waals surface area contributed by atoms with Crippen molar-refractivity contribution in [3.05, 3.63) is 93.6 Å². The van der Waals surface area contributed by atoms with Gasteiger partial charge >= 0.3 is 0 Å². The van der Waals surface area contributed by atoms with E-state index in [2.05, 4.69) is 10.3 Å². The van der Waals surface area contributed by atoms with Gasteiger partial charge in [-0.15, -0.1) is 0 Å². The summed E-state index contributed by atoms with van der Waals surface area (Å²) >= 11 is 0. The maximum atomic E-state index is 14.4. The smallest absolute Gasteiger partial charge is 0.279 e. The van der Waals surface area contributed by atoms with Gasteiger partial charge in [0.05, 0.1) is 22.2 Å². The van der Waals surface area contributed by atoms with Crippen LogP contribution in [0.2, 0.25) is 0 Å². The quantitative estimate of drug-likeness (QED) is 0.389. The number of rotatable bonds is 6. The van der Waals surface area contributed by atoms with E-state index in [1.165, 1.54) is 18.2 Å². The lowest BCUT2D eigenvalue weighted by Crippen LogP contribution is -2.20. The molecule has 0 spiro atoms. The fourth-order valence-electron chi connectivity index (χ4n) is 2.72. The lowest BCUT2D eigenvalue weighted by Gasteiger charge is -2.09. The molecule has 0 aliphatic carbocycles. The highest BCUT2D eigenvalue weighted by atomic mass is 19.1. The van der Waals surface area contributed by atoms with Crippen LogP contribution in [0.3, 0.4) is 0 Å². The molecule has 148 valence electrons. The van der Waals surface area contributed by atoms with Crippen LogP contribution in [0.4, 0.5) is 14.5 Å². The number of hydrogen-bond acceptors (Lipinski definition) is 4. The highest BCUT2D eigenvalue weighted by Crippen LogP contribution is 2.21. The van der Waals surface area contributed by atoms with E-state index in [9.17, 15) is 23.7 Å². The second kappa shape index (κ2) is 8.42. The van der Waals surface area contributed by atoms with Gasteiger partial charge in [0.2, 0.25) is 5.91 Å². The Balaban J connectivity index is 1.66. The van der Waals surface area contributed by atoms with Crippen molar-refractivity contribution in [3.8, 4) is 5.69 Å². The van der Waals surface area contributed by atoms with Crippen LogP contribution >= 0.6 is 0 Å². The second-order valence-corrected chi connectivity index (χ2v) is 6.14. The largest absolute Gasteiger partial charge is 0.348 e. The van der Waals surface area contributed by atoms with Gasteiger partial charge in [0.1, 0.15) is 17.5 Å². The van der Waals surface area contributed by atoms with Crippen molar-refractivity contribution in [3.63, 3.8) is 0 Å². The molecule has 1 amide bonds. The minimum Gasteiger partial charge on any atom is -0.348 e. The van der Waals surface area contributed by atoms with Crippen molar-refractivity contribution in [1.82, 2.24) is 14.9 Å². The molecule has 0 saturated heterocycles. The van der Waals surface area contributed by atoms with Gasteiger partial charge in [0.15, 0.2) is 0 Å². The monoisotopic (exact) mass is 398 g/mol. The zero-order chi connectivity index (χ0) is 21.0. The molecule has 0 bridgehead atoms. The molecular weight excluding hydrogens is 382 g/mol. The fourth-order valence-corrected chi connectivity index (χ4v) is 2.72. The van der Waals surface area contributed by atoms with E-state index >= 15 is 0 Å². The predicted octanol–water partition coefficient (Wildman–Crippen LogP) is 3.70. The Hall–Kier alpha value is -3.88. The van der Waals surface area contributed by atoms with Crippen LogP contribution < -0.4 is 5.32 Å². The molecule has 2 aromatic carbocycles. The first-order valence-corrected chi connectivity index (χ1v) is 8.54. The molecule has 3 aromatic rings. The first-order valence-electron chi connectivity index (χ1n) is 8.54. The summed E-state index contributed by atoms with van der Waals surface area (Å²) in [7, 11) is 0. The van der Waals surface area contributed by atoms with Crippen LogP contribution in [0.1, 0.15) is 17.0 Å². The molecule has 7 nitrogen and oxygen atoms in total. The van der Waals surface area contributed by atoms with Crippen molar-refractivity contribution >= 4 is 17.7 Å². The van der Waals surface area contributed by atoms with Crippen molar-refractivity contribution in [2.24, 2.45) is 0 Å². The zero-order valence-corrected chi connectivity index (χ0v) is 15.3. The molecule has 3 rings (SSSR count). The number of benzene rings is 2. The van der Waals surface area contributed by atoms with E-state index in [1.807, 2.05) is 0 Å². The summed E-state index contributed by atoms with van der Waals surface area (Å²) in [6.45, 7) is 1.82. The second-order valence-electron chi connectivity index (χ2n) is 6.14. The number of nitro benzene ring substituents is 1. The summed E-state index contributed by atoms with van der Waals surface area (Å²) in [4.78, 5) is 26.3. The Labute approximate surface area is 164 Å². The molecule has 0 unspecified atom stereocenters. The minimum absolute atomic E-state index is 0.0643. The molecule has 9 heteroatoms. The Morgan fingerprint density at radius 2 is 2.07 bits per heavy atom. The van der Waals surface area contributed by atoms with Crippen molar-refractivity contribution < 1.29 is 18.5 Å². The SMILES string of the molecule is Cc1nccn1-c1ccc(CNC(=O)C=Cc2ccc(F)cc2[N+](=O)[O-])cc1F. The lowest BCUT2D eigenvalue weighted by molar-refractivity contribution is -0.385. The number of imidazole rings is 1. The van der Waals surface area contributed by atoms with Gasteiger partial charge in [-0.2, -0.15) is 0 Å². The average Bonchev–Trinajstić information content (AvgIpc) is 3.11. The third kappa shape index (κ3) is 4.70. The maximum absolute atomic E-state index is 14.4. The molecule has 0 saturated carbocycles. The summed E-state index contributed by atoms with van der Waals surface area (Å²) in [5.74, 6) is -1.09. The van der Waals surface area contributed by atoms with Gasteiger partial charge in [-0.25, -0.2) is 13.8 Å². The number of aromatic nitrogens is 2. The molecule has 0 aliphatic rings. The average molecular weight is 398 g/mol. The molecule has 1 N–H and O–H groups in total. The number of aryl methyl sites for hydroxylation is 1. The van der Waals surface area contributed by atoms with Gasteiger partial charge < -0.3 is 9.88 Å². The van der Waals surface area contributed by atoms with E-state index < -0.39 is 28.2 Å². The number of amides is 1. The molecule has 1 heterocycles. The Kier molecular flexibility index (Phi) is 5.77. The third-order valence-corrected chi connectivity index (χ3v) is 4.17. The maximum Gasteiger partial charge on any atom is 0.279 e. The molecule has 0 radical (unpaired) electrons. The number of halogens is 2. The van der Waals surface area contributed by atoms with Crippen LogP contribution in [0.25, 0.3) is 11.8 Å². The molecule has 0 fully saturated rings. The summed E-state index contributed by atoms with van der Waals surface area (Å²) in [5.41, 5.74) is 0.538. The summed E-state index contributed by atoms with van der Waals surface area (Å²) < 4.78 is 29.1. The lowest BCUT2D eigenvalue weighted by atomic mass is 10.1. The molecule has 1 aromatic heterocycles. The number of carbonyl (C=O) groups is 1. The summed E-state index contributed by atoms with van der Waals surface area (Å²) in [6, 6.07) is 7.63. The number of carbonyl (C=O) groups excluding carboxylic acids is 1. The molecule has 29 heavy (non-hydrogen) atoms. The Morgan fingerprint density at radius 3 is 2.72 bits per heavy atom. The van der Waals surface area contributed by atoms with E-state index in [0.717, 1.165) is 18.2 Å². The van der Waals surface area contributed by atoms with Gasteiger partial charge in [0, 0.05) is 25.0 Å². The summed E-state index contributed by atoms with van der Waals surface area (Å²) in [6.07, 6.45) is 5.54. The van der Waals surface area contributed by atoms with Crippen LogP contribution in [0, 0.1) is 28.7 Å². The Bertz CT molecular complexity index is 1110. The molecule has 0 atom stereocenters. The molecule has 0 aliphatic heterocycles. The highest BCUT2D eigenvalue weighted by molar-refractivity contribution is 5.92. The van der Waals surface area contributed by atoms with Gasteiger partial charge in [-0.05, 0) is 42.8 Å². The first kappa shape index (κ1) is 19.9. The van der Waals surface area contributed by atoms with E-state index in [-0.39, 0.29) is 12.1 Å². The van der Waals surface area contributed by atoms with Crippen LogP contribution in [-0.4, -0.2) is 20.4 Å². The van der Waals surface area contributed by atoms with Crippen LogP contribution in [0.5, 0.6) is 0 Å². The number of nitro groups is 1. The van der Waals surface area contributed by atoms with E-state index in [4.69, 9.17) is 0 Å². The standard InChI is InChI=1S/C20H16F2N4O3/c1-13-23-8-9-25(13)18-6-2-14(10-17(18)22)12-24-20(27)7-4-15-3-5-16(21)11-19(15)26(28)29/h2-11H,12H2,1H3,(H,24,27). The fraction of sp³-hybridized carbons (Fsp3) is 0.100. The van der Waals surface area contributed by atoms with Crippen LogP contribution in [-0.2, 0) is 11.3 Å². The predicted molar refractivity (Wildman–Crippen MR) is 102 cm³/mol. The van der Waals surface area contributed by atoms with Crippen molar-refractivity contribution in [2.75, 3.05) is 0 Å².